The number of pyridine rings is 1. The molecule has 2 aromatic rings. The van der Waals surface area contributed by atoms with Crippen molar-refractivity contribution >= 4 is 17.2 Å². The molecule has 0 N–H and O–H groups in total. The van der Waals surface area contributed by atoms with Gasteiger partial charge in [0.15, 0.2) is 0 Å². The average molecular weight is 357 g/mol. The van der Waals surface area contributed by atoms with E-state index in [0.717, 1.165) is 45.1 Å². The lowest BCUT2D eigenvalue weighted by Crippen LogP contribution is -2.46. The van der Waals surface area contributed by atoms with E-state index in [2.05, 4.69) is 43.3 Å². The maximum Gasteiger partial charge on any atom is 0.128 e. The standard InChI is InChI=1S/C20H28N4S/c1-4-8-22(9-5-1)15-18-14-19(25-17-18)16-23-10-12-24(13-11-23)20-6-2-3-7-21-20/h2-3,6-7,14,17H,1,4-5,8-13,15-16H2. The summed E-state index contributed by atoms with van der Waals surface area (Å²) < 4.78 is 0. The summed E-state index contributed by atoms with van der Waals surface area (Å²) in [5.41, 5.74) is 1.51. The van der Waals surface area contributed by atoms with Crippen LogP contribution >= 0.6 is 11.3 Å². The molecule has 4 heterocycles. The van der Waals surface area contributed by atoms with Gasteiger partial charge >= 0.3 is 0 Å². The number of piperidine rings is 1. The highest BCUT2D eigenvalue weighted by Gasteiger charge is 2.18. The number of piperazine rings is 1. The van der Waals surface area contributed by atoms with Crippen LogP contribution in [0, 0.1) is 0 Å². The molecule has 0 spiro atoms. The van der Waals surface area contributed by atoms with Crippen LogP contribution in [-0.4, -0.2) is 54.1 Å². The third kappa shape index (κ3) is 4.60. The predicted octanol–water partition coefficient (Wildman–Crippen LogP) is 3.45. The Morgan fingerprint density at radius 2 is 1.68 bits per heavy atom. The van der Waals surface area contributed by atoms with Crippen molar-refractivity contribution in [2.24, 2.45) is 0 Å². The molecular weight excluding hydrogens is 328 g/mol. The molecule has 0 amide bonds. The third-order valence-electron chi connectivity index (χ3n) is 5.29. The van der Waals surface area contributed by atoms with Crippen molar-refractivity contribution in [2.45, 2.75) is 32.4 Å². The number of aromatic nitrogens is 1. The molecule has 4 rings (SSSR count). The van der Waals surface area contributed by atoms with Crippen LogP contribution < -0.4 is 4.90 Å². The van der Waals surface area contributed by atoms with Crippen LogP contribution in [0.2, 0.25) is 0 Å². The number of likely N-dealkylation sites (tertiary alicyclic amines) is 1. The van der Waals surface area contributed by atoms with E-state index in [1.54, 1.807) is 0 Å². The predicted molar refractivity (Wildman–Crippen MR) is 105 cm³/mol. The molecule has 4 nitrogen and oxygen atoms in total. The third-order valence-corrected chi connectivity index (χ3v) is 6.26. The van der Waals surface area contributed by atoms with Gasteiger partial charge < -0.3 is 4.90 Å². The summed E-state index contributed by atoms with van der Waals surface area (Å²) >= 11 is 1.93. The Morgan fingerprint density at radius 1 is 0.880 bits per heavy atom. The molecule has 2 fully saturated rings. The Morgan fingerprint density at radius 3 is 2.44 bits per heavy atom. The van der Waals surface area contributed by atoms with E-state index in [1.807, 2.05) is 23.6 Å². The van der Waals surface area contributed by atoms with Crippen LogP contribution in [0.25, 0.3) is 0 Å². The lowest BCUT2D eigenvalue weighted by molar-refractivity contribution is 0.221. The molecule has 0 aliphatic carbocycles. The molecule has 25 heavy (non-hydrogen) atoms. The molecule has 2 saturated heterocycles. The maximum atomic E-state index is 4.48. The topological polar surface area (TPSA) is 22.6 Å². The van der Waals surface area contributed by atoms with Crippen molar-refractivity contribution in [1.82, 2.24) is 14.8 Å². The lowest BCUT2D eigenvalue weighted by atomic mass is 10.1. The van der Waals surface area contributed by atoms with Crippen molar-refractivity contribution < 1.29 is 0 Å². The van der Waals surface area contributed by atoms with E-state index in [1.165, 1.54) is 42.8 Å². The van der Waals surface area contributed by atoms with E-state index < -0.39 is 0 Å². The Balaban J connectivity index is 1.26. The first kappa shape index (κ1) is 17.0. The second kappa shape index (κ2) is 8.30. The molecule has 2 aliphatic heterocycles. The Labute approximate surface area is 155 Å². The number of anilines is 1. The molecule has 134 valence electrons. The van der Waals surface area contributed by atoms with Gasteiger partial charge in [-0.25, -0.2) is 4.98 Å². The molecule has 5 heteroatoms. The first-order valence-electron chi connectivity index (χ1n) is 9.54. The average Bonchev–Trinajstić information content (AvgIpc) is 3.11. The fourth-order valence-corrected chi connectivity index (χ4v) is 4.79. The molecule has 0 atom stereocenters. The van der Waals surface area contributed by atoms with E-state index in [-0.39, 0.29) is 0 Å². The molecule has 0 saturated carbocycles. The quantitative estimate of drug-likeness (QED) is 0.818. The number of nitrogens with zero attached hydrogens (tertiary/aromatic N) is 4. The van der Waals surface area contributed by atoms with Crippen LogP contribution in [0.5, 0.6) is 0 Å². The van der Waals surface area contributed by atoms with Crippen molar-refractivity contribution in [1.29, 1.82) is 0 Å². The molecule has 0 radical (unpaired) electrons. The fourth-order valence-electron chi connectivity index (χ4n) is 3.86. The summed E-state index contributed by atoms with van der Waals surface area (Å²) in [7, 11) is 0. The van der Waals surface area contributed by atoms with E-state index in [9.17, 15) is 0 Å². The highest BCUT2D eigenvalue weighted by molar-refractivity contribution is 7.10. The van der Waals surface area contributed by atoms with Crippen molar-refractivity contribution in [3.05, 3.63) is 46.3 Å². The summed E-state index contributed by atoms with van der Waals surface area (Å²) in [5, 5.41) is 2.37. The molecule has 2 aromatic heterocycles. The van der Waals surface area contributed by atoms with Crippen LogP contribution in [-0.2, 0) is 13.1 Å². The van der Waals surface area contributed by atoms with E-state index in [0.29, 0.717) is 0 Å². The number of rotatable bonds is 5. The Bertz CT molecular complexity index is 643. The molecule has 2 aliphatic rings. The number of hydrogen-bond donors (Lipinski definition) is 0. The summed E-state index contributed by atoms with van der Waals surface area (Å²) in [6.45, 7) is 9.18. The second-order valence-corrected chi connectivity index (χ2v) is 8.20. The van der Waals surface area contributed by atoms with Gasteiger partial charge in [-0.15, -0.1) is 11.3 Å². The maximum absolute atomic E-state index is 4.48. The van der Waals surface area contributed by atoms with Gasteiger partial charge in [0.25, 0.3) is 0 Å². The van der Waals surface area contributed by atoms with Gasteiger partial charge in [-0.3, -0.25) is 9.80 Å². The lowest BCUT2D eigenvalue weighted by Gasteiger charge is -2.35. The van der Waals surface area contributed by atoms with Gasteiger partial charge in [-0.2, -0.15) is 0 Å². The molecule has 0 aromatic carbocycles. The van der Waals surface area contributed by atoms with E-state index in [4.69, 9.17) is 0 Å². The minimum Gasteiger partial charge on any atom is -0.354 e. The van der Waals surface area contributed by atoms with Gasteiger partial charge in [0.2, 0.25) is 0 Å². The van der Waals surface area contributed by atoms with Crippen molar-refractivity contribution in [3.63, 3.8) is 0 Å². The SMILES string of the molecule is c1ccc(N2CCN(Cc3cc(CN4CCCCC4)cs3)CC2)nc1. The van der Waals surface area contributed by atoms with Crippen LogP contribution in [0.15, 0.2) is 35.8 Å². The minimum atomic E-state index is 1.07. The monoisotopic (exact) mass is 356 g/mol. The molecular formula is C20H28N4S. The largest absolute Gasteiger partial charge is 0.354 e. The molecule has 0 bridgehead atoms. The zero-order chi connectivity index (χ0) is 16.9. The van der Waals surface area contributed by atoms with Crippen molar-refractivity contribution in [3.8, 4) is 0 Å². The first-order chi connectivity index (χ1) is 12.4. The second-order valence-electron chi connectivity index (χ2n) is 7.21. The van der Waals surface area contributed by atoms with Gasteiger partial charge in [-0.1, -0.05) is 12.5 Å². The molecule has 0 unspecified atom stereocenters. The summed E-state index contributed by atoms with van der Waals surface area (Å²) in [5.74, 6) is 1.11. The highest BCUT2D eigenvalue weighted by atomic mass is 32.1. The fraction of sp³-hybridized carbons (Fsp3) is 0.550. The van der Waals surface area contributed by atoms with Gasteiger partial charge in [0.05, 0.1) is 0 Å². The van der Waals surface area contributed by atoms with Crippen LogP contribution in [0.1, 0.15) is 29.7 Å². The zero-order valence-electron chi connectivity index (χ0n) is 14.9. The van der Waals surface area contributed by atoms with Crippen LogP contribution in [0.4, 0.5) is 5.82 Å². The van der Waals surface area contributed by atoms with E-state index >= 15 is 0 Å². The van der Waals surface area contributed by atoms with Crippen molar-refractivity contribution in [2.75, 3.05) is 44.2 Å². The smallest absolute Gasteiger partial charge is 0.128 e. The Kier molecular flexibility index (Phi) is 5.65. The zero-order valence-corrected chi connectivity index (χ0v) is 15.8. The Hall–Kier alpha value is -1.43. The van der Waals surface area contributed by atoms with Gasteiger partial charge in [0.1, 0.15) is 5.82 Å². The number of thiophene rings is 1. The number of hydrogen-bond acceptors (Lipinski definition) is 5. The van der Waals surface area contributed by atoms with Gasteiger partial charge in [0, 0.05) is 50.3 Å². The summed E-state index contributed by atoms with van der Waals surface area (Å²) in [4.78, 5) is 13.6. The first-order valence-corrected chi connectivity index (χ1v) is 10.4. The summed E-state index contributed by atoms with van der Waals surface area (Å²) in [6.07, 6.45) is 6.04. The van der Waals surface area contributed by atoms with Gasteiger partial charge in [-0.05, 0) is 55.1 Å². The normalized spacial score (nSPS) is 20.1. The minimum absolute atomic E-state index is 1.07. The van der Waals surface area contributed by atoms with Crippen LogP contribution in [0.3, 0.4) is 0 Å². The summed E-state index contributed by atoms with van der Waals surface area (Å²) in [6, 6.07) is 8.61. The highest BCUT2D eigenvalue weighted by Crippen LogP contribution is 2.21.